The average molecular weight is 137 g/mol. The van der Waals surface area contributed by atoms with Crippen molar-refractivity contribution in [1.82, 2.24) is 14.9 Å². The Morgan fingerprint density at radius 3 is 3.40 bits per heavy atom. The van der Waals surface area contributed by atoms with E-state index in [9.17, 15) is 5.11 Å². The summed E-state index contributed by atoms with van der Waals surface area (Å²) in [5.41, 5.74) is 0. The summed E-state index contributed by atoms with van der Waals surface area (Å²) in [5, 5.41) is 11.9. The van der Waals surface area contributed by atoms with Gasteiger partial charge in [-0.1, -0.05) is 0 Å². The van der Waals surface area contributed by atoms with Crippen LogP contribution in [0.2, 0.25) is 0 Å². The first-order chi connectivity index (χ1) is 4.88. The number of hydrogen-bond donors (Lipinski definition) is 2. The molecule has 4 nitrogen and oxygen atoms in total. The molecule has 1 atom stereocenters. The molecule has 52 valence electrons. The number of fused-ring (bicyclic) bond motifs is 1. The fraction of sp³-hybridized carbons (Fsp3) is 0.167. The molecule has 0 fully saturated rings. The van der Waals surface area contributed by atoms with Crippen LogP contribution in [0.4, 0.5) is 0 Å². The highest BCUT2D eigenvalue weighted by atomic mass is 16.3. The topological polar surface area (TPSA) is 50.1 Å². The number of hydrogen-bond acceptors (Lipinski definition) is 3. The zero-order valence-electron chi connectivity index (χ0n) is 5.23. The monoisotopic (exact) mass is 137 g/mol. The van der Waals surface area contributed by atoms with Crippen molar-refractivity contribution in [3.63, 3.8) is 0 Å². The maximum absolute atomic E-state index is 9.21. The largest absolute Gasteiger partial charge is 0.356 e. The van der Waals surface area contributed by atoms with Crippen LogP contribution in [0.3, 0.4) is 0 Å². The molecule has 0 aromatic carbocycles. The van der Waals surface area contributed by atoms with E-state index in [0.29, 0.717) is 0 Å². The number of aliphatic hydroxyl groups excluding tert-OH is 1. The van der Waals surface area contributed by atoms with Crippen LogP contribution in [0.1, 0.15) is 12.2 Å². The van der Waals surface area contributed by atoms with Crippen LogP contribution < -0.4 is 5.32 Å². The van der Waals surface area contributed by atoms with Crippen LogP contribution >= 0.6 is 0 Å². The molecule has 1 unspecified atom stereocenters. The lowest BCUT2D eigenvalue weighted by atomic mass is 10.5. The Hall–Kier alpha value is -1.29. The molecule has 4 heteroatoms. The van der Waals surface area contributed by atoms with Crippen molar-refractivity contribution in [1.29, 1.82) is 0 Å². The van der Waals surface area contributed by atoms with Crippen LogP contribution in [0, 0.1) is 0 Å². The van der Waals surface area contributed by atoms with Gasteiger partial charge in [-0.05, 0) is 6.08 Å². The van der Waals surface area contributed by atoms with Crippen molar-refractivity contribution in [2.24, 2.45) is 0 Å². The van der Waals surface area contributed by atoms with E-state index in [4.69, 9.17) is 0 Å². The number of nitrogens with one attached hydrogen (secondary N) is 1. The van der Waals surface area contributed by atoms with Crippen molar-refractivity contribution < 1.29 is 5.11 Å². The average Bonchev–Trinajstić information content (AvgIpc) is 2.36. The van der Waals surface area contributed by atoms with Gasteiger partial charge in [0.25, 0.3) is 0 Å². The quantitative estimate of drug-likeness (QED) is 0.525. The number of rotatable bonds is 0. The summed E-state index contributed by atoms with van der Waals surface area (Å²) in [6, 6.07) is 0. The second kappa shape index (κ2) is 1.85. The first-order valence-corrected chi connectivity index (χ1v) is 3.01. The Morgan fingerprint density at radius 1 is 1.70 bits per heavy atom. The fourth-order valence-corrected chi connectivity index (χ4v) is 0.949. The molecular weight excluding hydrogens is 130 g/mol. The summed E-state index contributed by atoms with van der Waals surface area (Å²) in [6.45, 7) is 0. The summed E-state index contributed by atoms with van der Waals surface area (Å²) in [4.78, 5) is 3.98. The number of aliphatic hydroxyl groups is 1. The second-order valence-electron chi connectivity index (χ2n) is 2.07. The van der Waals surface area contributed by atoms with E-state index in [1.54, 1.807) is 29.2 Å². The lowest BCUT2D eigenvalue weighted by Crippen LogP contribution is -2.24. The summed E-state index contributed by atoms with van der Waals surface area (Å²) >= 11 is 0. The minimum atomic E-state index is -0.664. The van der Waals surface area contributed by atoms with Crippen molar-refractivity contribution >= 4 is 6.08 Å². The van der Waals surface area contributed by atoms with Crippen LogP contribution in [0.25, 0.3) is 6.08 Å². The van der Waals surface area contributed by atoms with Crippen molar-refractivity contribution in [2.75, 3.05) is 0 Å². The molecule has 1 aliphatic rings. The Kier molecular flexibility index (Phi) is 1.01. The van der Waals surface area contributed by atoms with Crippen molar-refractivity contribution in [3.8, 4) is 0 Å². The van der Waals surface area contributed by atoms with Gasteiger partial charge in [0.1, 0.15) is 5.82 Å². The molecule has 0 saturated carbocycles. The van der Waals surface area contributed by atoms with Gasteiger partial charge >= 0.3 is 0 Å². The minimum absolute atomic E-state index is 0.664. The summed E-state index contributed by atoms with van der Waals surface area (Å²) in [7, 11) is 0. The number of aromatic nitrogens is 2. The van der Waals surface area contributed by atoms with Gasteiger partial charge in [-0.2, -0.15) is 0 Å². The molecular formula is C6H7N3O. The molecule has 0 amide bonds. The minimum Gasteiger partial charge on any atom is -0.356 e. The van der Waals surface area contributed by atoms with Gasteiger partial charge in [-0.15, -0.1) is 0 Å². The van der Waals surface area contributed by atoms with Crippen LogP contribution in [0.15, 0.2) is 18.6 Å². The summed E-state index contributed by atoms with van der Waals surface area (Å²) in [6.07, 6.45) is 6.18. The Bertz CT molecular complexity index is 266. The van der Waals surface area contributed by atoms with Gasteiger partial charge in [0.15, 0.2) is 0 Å². The van der Waals surface area contributed by atoms with E-state index in [1.165, 1.54) is 0 Å². The van der Waals surface area contributed by atoms with Gasteiger partial charge in [0.2, 0.25) is 6.35 Å². The highest BCUT2D eigenvalue weighted by Crippen LogP contribution is 2.09. The predicted molar refractivity (Wildman–Crippen MR) is 35.7 cm³/mol. The van der Waals surface area contributed by atoms with E-state index in [1.807, 2.05) is 0 Å². The van der Waals surface area contributed by atoms with E-state index < -0.39 is 6.35 Å². The zero-order chi connectivity index (χ0) is 6.97. The Labute approximate surface area is 57.8 Å². The van der Waals surface area contributed by atoms with Crippen LogP contribution in [-0.2, 0) is 0 Å². The maximum Gasteiger partial charge on any atom is 0.210 e. The summed E-state index contributed by atoms with van der Waals surface area (Å²) < 4.78 is 1.64. The molecule has 10 heavy (non-hydrogen) atoms. The highest BCUT2D eigenvalue weighted by Gasteiger charge is 2.10. The van der Waals surface area contributed by atoms with E-state index in [-0.39, 0.29) is 0 Å². The van der Waals surface area contributed by atoms with E-state index in [2.05, 4.69) is 10.3 Å². The Morgan fingerprint density at radius 2 is 2.60 bits per heavy atom. The third-order valence-electron chi connectivity index (χ3n) is 1.44. The Balaban J connectivity index is 2.52. The van der Waals surface area contributed by atoms with Gasteiger partial charge in [-0.25, -0.2) is 4.98 Å². The van der Waals surface area contributed by atoms with Gasteiger partial charge in [0, 0.05) is 18.6 Å². The van der Waals surface area contributed by atoms with Crippen LogP contribution in [0.5, 0.6) is 0 Å². The molecule has 1 aromatic heterocycles. The van der Waals surface area contributed by atoms with E-state index in [0.717, 1.165) is 5.82 Å². The first kappa shape index (κ1) is 5.49. The maximum atomic E-state index is 9.21. The molecule has 0 bridgehead atoms. The molecule has 0 spiro atoms. The third-order valence-corrected chi connectivity index (χ3v) is 1.44. The number of imidazole rings is 1. The lowest BCUT2D eigenvalue weighted by Gasteiger charge is -2.17. The van der Waals surface area contributed by atoms with Crippen LogP contribution in [-0.4, -0.2) is 14.7 Å². The summed E-state index contributed by atoms with van der Waals surface area (Å²) in [5.74, 6) is 0.770. The van der Waals surface area contributed by atoms with E-state index >= 15 is 0 Å². The standard InChI is InChI=1S/C6H7N3O/c10-6-8-2-1-5-7-3-4-9(5)6/h1-4,6,8,10H. The normalized spacial score (nSPS) is 21.9. The highest BCUT2D eigenvalue weighted by molar-refractivity contribution is 5.41. The smallest absolute Gasteiger partial charge is 0.210 e. The van der Waals surface area contributed by atoms with Gasteiger partial charge in [-0.3, -0.25) is 4.57 Å². The van der Waals surface area contributed by atoms with Gasteiger partial charge in [0.05, 0.1) is 0 Å². The molecule has 0 saturated heterocycles. The molecule has 1 aliphatic heterocycles. The molecule has 2 rings (SSSR count). The SMILES string of the molecule is OC1NC=Cc2nccn21. The fourth-order valence-electron chi connectivity index (χ4n) is 0.949. The molecule has 2 heterocycles. The molecule has 2 N–H and O–H groups in total. The van der Waals surface area contributed by atoms with Crippen molar-refractivity contribution in [2.45, 2.75) is 6.35 Å². The van der Waals surface area contributed by atoms with Crippen molar-refractivity contribution in [3.05, 3.63) is 24.4 Å². The molecule has 0 aliphatic carbocycles. The molecule has 0 radical (unpaired) electrons. The van der Waals surface area contributed by atoms with Gasteiger partial charge < -0.3 is 10.4 Å². The number of nitrogens with zero attached hydrogens (tertiary/aromatic N) is 2. The third kappa shape index (κ3) is 0.625. The lowest BCUT2D eigenvalue weighted by molar-refractivity contribution is 0.0795. The first-order valence-electron chi connectivity index (χ1n) is 3.01. The molecule has 1 aromatic rings. The predicted octanol–water partition coefficient (Wildman–Crippen LogP) is -0.0946. The second-order valence-corrected chi connectivity index (χ2v) is 2.07. The zero-order valence-corrected chi connectivity index (χ0v) is 5.23.